The first kappa shape index (κ1) is 13.1. The number of benzene rings is 2. The highest BCUT2D eigenvalue weighted by molar-refractivity contribution is 9.10. The fourth-order valence-electron chi connectivity index (χ4n) is 1.42. The minimum absolute atomic E-state index is 0.237. The molecule has 0 aromatic heterocycles. The van der Waals surface area contributed by atoms with Gasteiger partial charge in [0, 0.05) is 4.47 Å². The van der Waals surface area contributed by atoms with Crippen LogP contribution in [-0.2, 0) is 9.84 Å². The summed E-state index contributed by atoms with van der Waals surface area (Å²) in [6.45, 7) is 0. The van der Waals surface area contributed by atoms with Gasteiger partial charge in [0.25, 0.3) is 0 Å². The maximum Gasteiger partial charge on any atom is 0.214 e. The van der Waals surface area contributed by atoms with E-state index in [4.69, 9.17) is 4.74 Å². The van der Waals surface area contributed by atoms with Crippen LogP contribution in [0.1, 0.15) is 0 Å². The summed E-state index contributed by atoms with van der Waals surface area (Å²) in [6.07, 6.45) is 0. The second-order valence-electron chi connectivity index (χ2n) is 3.62. The molecule has 0 aliphatic heterocycles. The lowest BCUT2D eigenvalue weighted by atomic mass is 10.3. The Morgan fingerprint density at radius 2 is 1.56 bits per heavy atom. The predicted octanol–water partition coefficient (Wildman–Crippen LogP) is 3.26. The van der Waals surface area contributed by atoms with Crippen LogP contribution in [0.15, 0.2) is 64.0 Å². The Bertz CT molecular complexity index is 624. The van der Waals surface area contributed by atoms with Crippen molar-refractivity contribution >= 4 is 25.8 Å². The summed E-state index contributed by atoms with van der Waals surface area (Å²) in [5.74, 6) is 0.160. The lowest BCUT2D eigenvalue weighted by molar-refractivity contribution is 0.376. The number of halogens is 1. The molecule has 2 aromatic carbocycles. The van der Waals surface area contributed by atoms with Gasteiger partial charge in [-0.2, -0.15) is 0 Å². The SMILES string of the molecule is O=S(=O)(COc1ccccc1)c1ccccc1Br. The van der Waals surface area contributed by atoms with Gasteiger partial charge in [0.2, 0.25) is 9.84 Å². The molecule has 0 radical (unpaired) electrons. The molecule has 0 aliphatic carbocycles. The van der Waals surface area contributed by atoms with Crippen LogP contribution < -0.4 is 4.74 Å². The number of ether oxygens (including phenoxy) is 1. The first-order chi connectivity index (χ1) is 8.59. The highest BCUT2D eigenvalue weighted by atomic mass is 79.9. The smallest absolute Gasteiger partial charge is 0.214 e. The summed E-state index contributed by atoms with van der Waals surface area (Å²) in [7, 11) is -3.46. The summed E-state index contributed by atoms with van der Waals surface area (Å²) >= 11 is 3.22. The molecular weight excluding hydrogens is 316 g/mol. The average Bonchev–Trinajstić information content (AvgIpc) is 2.38. The van der Waals surface area contributed by atoms with Gasteiger partial charge in [0.15, 0.2) is 5.94 Å². The molecule has 0 unspecified atom stereocenters. The van der Waals surface area contributed by atoms with Gasteiger partial charge < -0.3 is 4.74 Å². The average molecular weight is 327 g/mol. The lowest BCUT2D eigenvalue weighted by Crippen LogP contribution is -2.12. The Balaban J connectivity index is 2.16. The molecule has 2 rings (SSSR count). The van der Waals surface area contributed by atoms with E-state index in [2.05, 4.69) is 15.9 Å². The molecule has 18 heavy (non-hydrogen) atoms. The molecule has 3 nitrogen and oxygen atoms in total. The van der Waals surface area contributed by atoms with Gasteiger partial charge in [-0.05, 0) is 40.2 Å². The quantitative estimate of drug-likeness (QED) is 0.866. The van der Waals surface area contributed by atoms with E-state index in [9.17, 15) is 8.42 Å². The van der Waals surface area contributed by atoms with Crippen molar-refractivity contribution in [3.63, 3.8) is 0 Å². The van der Waals surface area contributed by atoms with Gasteiger partial charge in [0.1, 0.15) is 5.75 Å². The Morgan fingerprint density at radius 1 is 0.944 bits per heavy atom. The van der Waals surface area contributed by atoms with E-state index in [0.717, 1.165) is 0 Å². The van der Waals surface area contributed by atoms with Crippen LogP contribution in [0.2, 0.25) is 0 Å². The van der Waals surface area contributed by atoms with E-state index in [0.29, 0.717) is 10.2 Å². The zero-order valence-corrected chi connectivity index (χ0v) is 11.8. The molecule has 94 valence electrons. The number of para-hydroxylation sites is 1. The van der Waals surface area contributed by atoms with Gasteiger partial charge in [0.05, 0.1) is 4.90 Å². The van der Waals surface area contributed by atoms with Crippen LogP contribution in [0.5, 0.6) is 5.75 Å². The highest BCUT2D eigenvalue weighted by Gasteiger charge is 2.18. The predicted molar refractivity (Wildman–Crippen MR) is 73.3 cm³/mol. The molecule has 0 saturated carbocycles. The second kappa shape index (κ2) is 5.54. The van der Waals surface area contributed by atoms with Crippen LogP contribution in [-0.4, -0.2) is 14.4 Å². The minimum atomic E-state index is -3.46. The van der Waals surface area contributed by atoms with Crippen LogP contribution in [0, 0.1) is 0 Å². The van der Waals surface area contributed by atoms with E-state index in [1.54, 1.807) is 48.5 Å². The summed E-state index contributed by atoms with van der Waals surface area (Å²) in [5.41, 5.74) is 0. The first-order valence-electron chi connectivity index (χ1n) is 5.25. The van der Waals surface area contributed by atoms with Crippen molar-refractivity contribution in [3.05, 3.63) is 59.1 Å². The van der Waals surface area contributed by atoms with E-state index in [-0.39, 0.29) is 10.8 Å². The number of hydrogen-bond acceptors (Lipinski definition) is 3. The van der Waals surface area contributed by atoms with E-state index in [1.807, 2.05) is 6.07 Å². The van der Waals surface area contributed by atoms with Gasteiger partial charge >= 0.3 is 0 Å². The Hall–Kier alpha value is -1.33. The van der Waals surface area contributed by atoms with E-state index >= 15 is 0 Å². The van der Waals surface area contributed by atoms with Crippen molar-refractivity contribution in [3.8, 4) is 5.75 Å². The Kier molecular flexibility index (Phi) is 4.04. The molecule has 0 aliphatic rings. The normalized spacial score (nSPS) is 11.2. The molecular formula is C13H11BrO3S. The minimum Gasteiger partial charge on any atom is -0.477 e. The van der Waals surface area contributed by atoms with E-state index in [1.165, 1.54) is 0 Å². The number of hydrogen-bond donors (Lipinski definition) is 0. The van der Waals surface area contributed by atoms with Crippen molar-refractivity contribution in [1.29, 1.82) is 0 Å². The molecule has 0 fully saturated rings. The third kappa shape index (κ3) is 3.11. The fraction of sp³-hybridized carbons (Fsp3) is 0.0769. The molecule has 0 amide bonds. The number of sulfone groups is 1. The Morgan fingerprint density at radius 3 is 2.22 bits per heavy atom. The number of rotatable bonds is 4. The maximum absolute atomic E-state index is 12.1. The molecule has 5 heteroatoms. The third-order valence-corrected chi connectivity index (χ3v) is 4.70. The van der Waals surface area contributed by atoms with Crippen molar-refractivity contribution in [2.75, 3.05) is 5.94 Å². The molecule has 0 atom stereocenters. The van der Waals surface area contributed by atoms with Gasteiger partial charge in [-0.3, -0.25) is 0 Å². The summed E-state index contributed by atoms with van der Waals surface area (Å²) in [4.78, 5) is 0.237. The summed E-state index contributed by atoms with van der Waals surface area (Å²) in [5, 5.41) is 0. The highest BCUT2D eigenvalue weighted by Crippen LogP contribution is 2.23. The van der Waals surface area contributed by atoms with Gasteiger partial charge in [-0.1, -0.05) is 30.3 Å². The Labute approximate surface area is 114 Å². The van der Waals surface area contributed by atoms with Crippen molar-refractivity contribution in [2.45, 2.75) is 4.90 Å². The molecule has 0 heterocycles. The standard InChI is InChI=1S/C13H11BrO3S/c14-12-8-4-5-9-13(12)18(15,16)10-17-11-6-2-1-3-7-11/h1-9H,10H2. The van der Waals surface area contributed by atoms with Crippen molar-refractivity contribution in [1.82, 2.24) is 0 Å². The fourth-order valence-corrected chi connectivity index (χ4v) is 3.52. The summed E-state index contributed by atoms with van der Waals surface area (Å²) in [6, 6.07) is 15.5. The van der Waals surface area contributed by atoms with Crippen molar-refractivity contribution < 1.29 is 13.2 Å². The van der Waals surface area contributed by atoms with Crippen LogP contribution in [0.25, 0.3) is 0 Å². The molecule has 0 bridgehead atoms. The topological polar surface area (TPSA) is 43.4 Å². The molecule has 0 spiro atoms. The zero-order valence-electron chi connectivity index (χ0n) is 9.41. The molecule has 0 saturated heterocycles. The van der Waals surface area contributed by atoms with Crippen LogP contribution in [0.4, 0.5) is 0 Å². The summed E-state index contributed by atoms with van der Waals surface area (Å²) < 4.78 is 30.0. The van der Waals surface area contributed by atoms with E-state index < -0.39 is 9.84 Å². The lowest BCUT2D eigenvalue weighted by Gasteiger charge is -2.08. The van der Waals surface area contributed by atoms with Gasteiger partial charge in [-0.25, -0.2) is 8.42 Å². The van der Waals surface area contributed by atoms with Crippen molar-refractivity contribution in [2.24, 2.45) is 0 Å². The second-order valence-corrected chi connectivity index (χ2v) is 6.38. The first-order valence-corrected chi connectivity index (χ1v) is 7.69. The zero-order chi connectivity index (χ0) is 13.0. The molecule has 2 aromatic rings. The van der Waals surface area contributed by atoms with Crippen LogP contribution in [0.3, 0.4) is 0 Å². The maximum atomic E-state index is 12.1. The monoisotopic (exact) mass is 326 g/mol. The largest absolute Gasteiger partial charge is 0.477 e. The van der Waals surface area contributed by atoms with Crippen LogP contribution >= 0.6 is 15.9 Å². The van der Waals surface area contributed by atoms with Gasteiger partial charge in [-0.15, -0.1) is 0 Å². The third-order valence-electron chi connectivity index (χ3n) is 2.30. The molecule has 0 N–H and O–H groups in total.